The number of oxazole rings is 1. The standard InChI is InChI=1S/C18H21ClN2O5/c1-9(2)15(22)25-17-18(4,5)16(23)21(26-17)8-11-6-13-14(7-12(11)19)24-10(3)20-13/h6-7,9,17H,8H2,1-5H3. The number of aromatic nitrogens is 1. The molecule has 1 aromatic carbocycles. The summed E-state index contributed by atoms with van der Waals surface area (Å²) in [5.74, 6) is -0.490. The van der Waals surface area contributed by atoms with Crippen molar-refractivity contribution in [2.24, 2.45) is 11.3 Å². The number of nitrogens with zero attached hydrogens (tertiary/aromatic N) is 2. The van der Waals surface area contributed by atoms with Crippen LogP contribution < -0.4 is 0 Å². The topological polar surface area (TPSA) is 81.9 Å². The molecule has 1 saturated heterocycles. The second kappa shape index (κ2) is 6.55. The van der Waals surface area contributed by atoms with E-state index >= 15 is 0 Å². The van der Waals surface area contributed by atoms with Crippen molar-refractivity contribution in [2.45, 2.75) is 47.5 Å². The Morgan fingerprint density at radius 3 is 2.77 bits per heavy atom. The Bertz CT molecular complexity index is 874. The third-order valence-electron chi connectivity index (χ3n) is 4.26. The van der Waals surface area contributed by atoms with Gasteiger partial charge in [0.25, 0.3) is 5.91 Å². The molecule has 2 aromatic rings. The van der Waals surface area contributed by atoms with Gasteiger partial charge in [-0.2, -0.15) is 0 Å². The quantitative estimate of drug-likeness (QED) is 0.753. The molecule has 0 bridgehead atoms. The zero-order valence-electron chi connectivity index (χ0n) is 15.3. The van der Waals surface area contributed by atoms with Gasteiger partial charge >= 0.3 is 5.97 Å². The lowest BCUT2D eigenvalue weighted by atomic mass is 9.92. The number of carbonyl (C=O) groups excluding carboxylic acids is 2. The molecular formula is C18H21ClN2O5. The Hall–Kier alpha value is -2.12. The number of halogens is 1. The maximum absolute atomic E-state index is 12.7. The number of amides is 1. The van der Waals surface area contributed by atoms with Crippen molar-refractivity contribution in [1.29, 1.82) is 0 Å². The molecule has 26 heavy (non-hydrogen) atoms. The predicted octanol–water partition coefficient (Wildman–Crippen LogP) is 3.61. The van der Waals surface area contributed by atoms with Gasteiger partial charge < -0.3 is 9.15 Å². The summed E-state index contributed by atoms with van der Waals surface area (Å²) in [6.07, 6.45) is -0.985. The Morgan fingerprint density at radius 2 is 2.12 bits per heavy atom. The molecule has 1 aliphatic heterocycles. The molecule has 0 N–H and O–H groups in total. The number of rotatable bonds is 4. The lowest BCUT2D eigenvalue weighted by Crippen LogP contribution is -2.35. The molecule has 1 unspecified atom stereocenters. The minimum absolute atomic E-state index is 0.110. The maximum atomic E-state index is 12.7. The third kappa shape index (κ3) is 3.29. The third-order valence-corrected chi connectivity index (χ3v) is 4.61. The van der Waals surface area contributed by atoms with Crippen LogP contribution in [0.15, 0.2) is 16.5 Å². The maximum Gasteiger partial charge on any atom is 0.310 e. The summed E-state index contributed by atoms with van der Waals surface area (Å²) >= 11 is 6.31. The fourth-order valence-corrected chi connectivity index (χ4v) is 2.83. The van der Waals surface area contributed by atoms with Gasteiger partial charge in [-0.15, -0.1) is 0 Å². The monoisotopic (exact) mass is 380 g/mol. The molecule has 0 radical (unpaired) electrons. The summed E-state index contributed by atoms with van der Waals surface area (Å²) in [5, 5.41) is 1.61. The molecular weight excluding hydrogens is 360 g/mol. The van der Waals surface area contributed by atoms with Crippen LogP contribution in [-0.2, 0) is 25.7 Å². The number of fused-ring (bicyclic) bond motifs is 1. The highest BCUT2D eigenvalue weighted by Gasteiger charge is 2.51. The van der Waals surface area contributed by atoms with Crippen molar-refractivity contribution in [3.05, 3.63) is 28.6 Å². The zero-order valence-corrected chi connectivity index (χ0v) is 16.1. The number of esters is 1. The van der Waals surface area contributed by atoms with E-state index in [4.69, 9.17) is 25.6 Å². The van der Waals surface area contributed by atoms with Crippen LogP contribution >= 0.6 is 11.6 Å². The van der Waals surface area contributed by atoms with E-state index in [0.717, 1.165) is 0 Å². The van der Waals surface area contributed by atoms with Crippen molar-refractivity contribution < 1.29 is 23.6 Å². The van der Waals surface area contributed by atoms with Gasteiger partial charge in [0.1, 0.15) is 10.9 Å². The van der Waals surface area contributed by atoms with E-state index in [1.807, 2.05) is 0 Å². The van der Waals surface area contributed by atoms with E-state index in [0.29, 0.717) is 27.6 Å². The van der Waals surface area contributed by atoms with Gasteiger partial charge in [0.2, 0.25) is 6.29 Å². The number of benzene rings is 1. The van der Waals surface area contributed by atoms with Crippen LogP contribution in [0.25, 0.3) is 11.1 Å². The highest BCUT2D eigenvalue weighted by molar-refractivity contribution is 6.32. The van der Waals surface area contributed by atoms with Gasteiger partial charge in [-0.05, 0) is 25.5 Å². The van der Waals surface area contributed by atoms with Crippen LogP contribution in [0.5, 0.6) is 0 Å². The fourth-order valence-electron chi connectivity index (χ4n) is 2.62. The first kappa shape index (κ1) is 18.7. The number of hydrogen-bond donors (Lipinski definition) is 0. The smallest absolute Gasteiger partial charge is 0.310 e. The SMILES string of the molecule is Cc1nc2cc(CN3OC(OC(=O)C(C)C)C(C)(C)C3=O)c(Cl)cc2o1. The van der Waals surface area contributed by atoms with Gasteiger partial charge in [-0.1, -0.05) is 25.4 Å². The second-order valence-corrected chi connectivity index (χ2v) is 7.64. The lowest BCUT2D eigenvalue weighted by molar-refractivity contribution is -0.244. The summed E-state index contributed by atoms with van der Waals surface area (Å²) in [7, 11) is 0. The minimum Gasteiger partial charge on any atom is -0.441 e. The number of hydrogen-bond acceptors (Lipinski definition) is 6. The van der Waals surface area contributed by atoms with Crippen molar-refractivity contribution in [3.63, 3.8) is 0 Å². The van der Waals surface area contributed by atoms with Gasteiger partial charge in [-0.3, -0.25) is 9.59 Å². The molecule has 1 atom stereocenters. The molecule has 1 aromatic heterocycles. The molecule has 1 aliphatic rings. The summed E-state index contributed by atoms with van der Waals surface area (Å²) in [6, 6.07) is 3.42. The van der Waals surface area contributed by atoms with Crippen LogP contribution in [0, 0.1) is 18.3 Å². The first-order chi connectivity index (χ1) is 12.1. The normalized spacial score (nSPS) is 19.6. The number of aryl methyl sites for hydroxylation is 1. The largest absolute Gasteiger partial charge is 0.441 e. The van der Waals surface area contributed by atoms with Gasteiger partial charge in [0.05, 0.1) is 12.5 Å². The Kier molecular flexibility index (Phi) is 4.71. The van der Waals surface area contributed by atoms with E-state index < -0.39 is 17.7 Å². The zero-order chi connectivity index (χ0) is 19.2. The van der Waals surface area contributed by atoms with Crippen LogP contribution in [0.2, 0.25) is 5.02 Å². The molecule has 8 heteroatoms. The number of carbonyl (C=O) groups is 2. The average Bonchev–Trinajstić information content (AvgIpc) is 2.99. The average molecular weight is 381 g/mol. The second-order valence-electron chi connectivity index (χ2n) is 7.24. The first-order valence-electron chi connectivity index (χ1n) is 8.34. The lowest BCUT2D eigenvalue weighted by Gasteiger charge is -2.21. The summed E-state index contributed by atoms with van der Waals surface area (Å²) < 4.78 is 10.8. The van der Waals surface area contributed by atoms with E-state index in [9.17, 15) is 9.59 Å². The highest BCUT2D eigenvalue weighted by Crippen LogP contribution is 2.37. The van der Waals surface area contributed by atoms with Gasteiger partial charge in [0.15, 0.2) is 11.5 Å². The number of hydroxylamine groups is 2. The summed E-state index contributed by atoms with van der Waals surface area (Å²) in [4.78, 5) is 34.5. The van der Waals surface area contributed by atoms with Crippen molar-refractivity contribution in [1.82, 2.24) is 10.0 Å². The minimum atomic E-state index is -0.994. The van der Waals surface area contributed by atoms with Crippen molar-refractivity contribution in [2.75, 3.05) is 0 Å². The van der Waals surface area contributed by atoms with Crippen LogP contribution in [0.1, 0.15) is 39.1 Å². The van der Waals surface area contributed by atoms with Crippen molar-refractivity contribution in [3.8, 4) is 0 Å². The summed E-state index contributed by atoms with van der Waals surface area (Å²) in [6.45, 7) is 8.66. The van der Waals surface area contributed by atoms with E-state index in [-0.39, 0.29) is 18.4 Å². The molecule has 1 fully saturated rings. The molecule has 0 saturated carbocycles. The molecule has 0 aliphatic carbocycles. The van der Waals surface area contributed by atoms with Crippen molar-refractivity contribution >= 4 is 34.6 Å². The van der Waals surface area contributed by atoms with Gasteiger partial charge in [-0.25, -0.2) is 14.9 Å². The Labute approximate surface area is 156 Å². The molecule has 140 valence electrons. The first-order valence-corrected chi connectivity index (χ1v) is 8.72. The molecule has 7 nitrogen and oxygen atoms in total. The molecule has 0 spiro atoms. The van der Waals surface area contributed by atoms with E-state index in [1.165, 1.54) is 5.06 Å². The molecule has 2 heterocycles. The number of ether oxygens (including phenoxy) is 1. The Balaban J connectivity index is 1.83. The van der Waals surface area contributed by atoms with E-state index in [2.05, 4.69) is 4.98 Å². The van der Waals surface area contributed by atoms with Crippen LogP contribution in [-0.4, -0.2) is 28.2 Å². The van der Waals surface area contributed by atoms with Crippen LogP contribution in [0.3, 0.4) is 0 Å². The van der Waals surface area contributed by atoms with Crippen LogP contribution in [0.4, 0.5) is 0 Å². The predicted molar refractivity (Wildman–Crippen MR) is 93.9 cm³/mol. The highest BCUT2D eigenvalue weighted by atomic mass is 35.5. The van der Waals surface area contributed by atoms with Gasteiger partial charge in [0, 0.05) is 18.0 Å². The summed E-state index contributed by atoms with van der Waals surface area (Å²) in [5.41, 5.74) is 0.892. The molecule has 3 rings (SSSR count). The van der Waals surface area contributed by atoms with E-state index in [1.54, 1.807) is 46.8 Å². The Morgan fingerprint density at radius 1 is 1.42 bits per heavy atom. The fraction of sp³-hybridized carbons (Fsp3) is 0.500. The molecule has 1 amide bonds.